The maximum Gasteiger partial charge on any atom is 0.289 e. The molecule has 1 aromatic rings. The van der Waals surface area contributed by atoms with Gasteiger partial charge in [0, 0.05) is 13.1 Å². The maximum absolute atomic E-state index is 12.4. The van der Waals surface area contributed by atoms with Gasteiger partial charge in [0.25, 0.3) is 5.91 Å². The van der Waals surface area contributed by atoms with Crippen molar-refractivity contribution in [1.82, 2.24) is 4.90 Å². The fourth-order valence-corrected chi connectivity index (χ4v) is 2.22. The molecule has 0 aliphatic heterocycles. The fraction of sp³-hybridized carbons (Fsp3) is 0.643. The minimum atomic E-state index is 0.0356. The first-order valence-corrected chi connectivity index (χ1v) is 6.84. The van der Waals surface area contributed by atoms with Crippen molar-refractivity contribution in [3.63, 3.8) is 0 Å². The lowest BCUT2D eigenvalue weighted by Crippen LogP contribution is -2.34. The number of nitrogens with two attached hydrogens (primary N) is 1. The molecule has 0 saturated heterocycles. The van der Waals surface area contributed by atoms with E-state index in [4.69, 9.17) is 10.2 Å². The molecule has 0 unspecified atom stereocenters. The van der Waals surface area contributed by atoms with Crippen LogP contribution in [0.4, 0.5) is 0 Å². The van der Waals surface area contributed by atoms with Gasteiger partial charge in [0.2, 0.25) is 0 Å². The molecular weight excluding hydrogens is 228 g/mol. The van der Waals surface area contributed by atoms with E-state index in [1.165, 1.54) is 25.7 Å². The van der Waals surface area contributed by atoms with Crippen LogP contribution >= 0.6 is 0 Å². The molecule has 4 heteroatoms. The van der Waals surface area contributed by atoms with Crippen LogP contribution < -0.4 is 5.73 Å². The third-order valence-electron chi connectivity index (χ3n) is 3.71. The number of amides is 1. The zero-order valence-electron chi connectivity index (χ0n) is 10.6. The van der Waals surface area contributed by atoms with E-state index in [0.717, 1.165) is 24.9 Å². The van der Waals surface area contributed by atoms with Crippen LogP contribution in [0.15, 0.2) is 16.5 Å². The lowest BCUT2D eigenvalue weighted by Gasteiger charge is -2.21. The van der Waals surface area contributed by atoms with Gasteiger partial charge >= 0.3 is 0 Å². The third kappa shape index (κ3) is 2.75. The Morgan fingerprint density at radius 3 is 2.28 bits per heavy atom. The van der Waals surface area contributed by atoms with Gasteiger partial charge in [0.15, 0.2) is 5.76 Å². The highest BCUT2D eigenvalue weighted by molar-refractivity contribution is 5.91. The molecule has 0 bridgehead atoms. The number of nitrogens with zero attached hydrogens (tertiary/aromatic N) is 1. The highest BCUT2D eigenvalue weighted by Crippen LogP contribution is 2.34. The molecule has 2 N–H and O–H groups in total. The van der Waals surface area contributed by atoms with Gasteiger partial charge in [-0.05, 0) is 49.7 Å². The quantitative estimate of drug-likeness (QED) is 0.837. The molecule has 1 heterocycles. The topological polar surface area (TPSA) is 59.5 Å². The first kappa shape index (κ1) is 11.8. The zero-order chi connectivity index (χ0) is 12.5. The maximum atomic E-state index is 12.4. The Balaban J connectivity index is 1.68. The van der Waals surface area contributed by atoms with E-state index in [2.05, 4.69) is 0 Å². The van der Waals surface area contributed by atoms with Crippen LogP contribution in [0.3, 0.4) is 0 Å². The summed E-state index contributed by atoms with van der Waals surface area (Å²) in [7, 11) is 0. The largest absolute Gasteiger partial charge is 0.455 e. The third-order valence-corrected chi connectivity index (χ3v) is 3.71. The monoisotopic (exact) mass is 248 g/mol. The zero-order valence-corrected chi connectivity index (χ0v) is 10.6. The summed E-state index contributed by atoms with van der Waals surface area (Å²) in [6.07, 6.45) is 5.06. The summed E-state index contributed by atoms with van der Waals surface area (Å²) >= 11 is 0. The van der Waals surface area contributed by atoms with Gasteiger partial charge in [-0.2, -0.15) is 0 Å². The van der Waals surface area contributed by atoms with Crippen molar-refractivity contribution in [2.45, 2.75) is 32.2 Å². The number of carbonyl (C=O) groups excluding carboxylic acids is 1. The molecule has 2 aliphatic rings. The van der Waals surface area contributed by atoms with E-state index in [1.54, 1.807) is 12.1 Å². The van der Waals surface area contributed by atoms with Crippen LogP contribution in [0.25, 0.3) is 0 Å². The molecular formula is C14H20N2O2. The summed E-state index contributed by atoms with van der Waals surface area (Å²) in [6.45, 7) is 2.14. The smallest absolute Gasteiger partial charge is 0.289 e. The van der Waals surface area contributed by atoms with Crippen molar-refractivity contribution in [3.8, 4) is 0 Å². The van der Waals surface area contributed by atoms with Crippen molar-refractivity contribution in [2.75, 3.05) is 13.1 Å². The van der Waals surface area contributed by atoms with E-state index in [1.807, 2.05) is 4.90 Å². The van der Waals surface area contributed by atoms with Crippen LogP contribution in [0.5, 0.6) is 0 Å². The molecule has 1 amide bonds. The van der Waals surface area contributed by atoms with Gasteiger partial charge in [0.1, 0.15) is 5.76 Å². The lowest BCUT2D eigenvalue weighted by atomic mass is 10.3. The molecule has 4 nitrogen and oxygen atoms in total. The Hall–Kier alpha value is -1.29. The standard InChI is InChI=1S/C14H20N2O2/c15-7-12-5-6-13(18-12)14(17)16(8-10-1-2-10)9-11-3-4-11/h5-6,10-11H,1-4,7-9,15H2. The second-order valence-electron chi connectivity index (χ2n) is 5.57. The first-order chi connectivity index (χ1) is 8.76. The van der Waals surface area contributed by atoms with E-state index in [-0.39, 0.29) is 5.91 Å². The number of rotatable bonds is 6. The van der Waals surface area contributed by atoms with Gasteiger partial charge in [-0.15, -0.1) is 0 Å². The highest BCUT2D eigenvalue weighted by Gasteiger charge is 2.32. The Morgan fingerprint density at radius 2 is 1.83 bits per heavy atom. The second-order valence-corrected chi connectivity index (χ2v) is 5.57. The minimum Gasteiger partial charge on any atom is -0.455 e. The van der Waals surface area contributed by atoms with Crippen LogP contribution in [0.2, 0.25) is 0 Å². The van der Waals surface area contributed by atoms with Crippen LogP contribution in [-0.2, 0) is 6.54 Å². The fourth-order valence-electron chi connectivity index (χ4n) is 2.22. The second kappa shape index (κ2) is 4.76. The van der Waals surface area contributed by atoms with Crippen molar-refractivity contribution >= 4 is 5.91 Å². The average Bonchev–Trinajstić information content (AvgIpc) is 3.29. The molecule has 0 radical (unpaired) electrons. The molecule has 0 atom stereocenters. The summed E-state index contributed by atoms with van der Waals surface area (Å²) in [6, 6.07) is 3.54. The summed E-state index contributed by atoms with van der Waals surface area (Å²) in [4.78, 5) is 14.4. The highest BCUT2D eigenvalue weighted by atomic mass is 16.4. The Kier molecular flexibility index (Phi) is 3.12. The normalized spacial score (nSPS) is 18.9. The molecule has 0 spiro atoms. The van der Waals surface area contributed by atoms with Crippen molar-refractivity contribution in [2.24, 2.45) is 17.6 Å². The van der Waals surface area contributed by atoms with Gasteiger partial charge < -0.3 is 15.1 Å². The first-order valence-electron chi connectivity index (χ1n) is 6.84. The average molecular weight is 248 g/mol. The van der Waals surface area contributed by atoms with Crippen molar-refractivity contribution in [3.05, 3.63) is 23.7 Å². The van der Waals surface area contributed by atoms with Gasteiger partial charge in [-0.3, -0.25) is 4.79 Å². The molecule has 2 fully saturated rings. The van der Waals surface area contributed by atoms with E-state index < -0.39 is 0 Å². The predicted octanol–water partition coefficient (Wildman–Crippen LogP) is 2.00. The van der Waals surface area contributed by atoms with E-state index in [0.29, 0.717) is 18.1 Å². The van der Waals surface area contributed by atoms with E-state index >= 15 is 0 Å². The number of hydrogen-bond donors (Lipinski definition) is 1. The Morgan fingerprint density at radius 1 is 1.22 bits per heavy atom. The molecule has 18 heavy (non-hydrogen) atoms. The van der Waals surface area contributed by atoms with Gasteiger partial charge in [-0.1, -0.05) is 0 Å². The SMILES string of the molecule is NCc1ccc(C(=O)N(CC2CC2)CC2CC2)o1. The Labute approximate surface area is 107 Å². The van der Waals surface area contributed by atoms with E-state index in [9.17, 15) is 4.79 Å². The molecule has 1 aromatic heterocycles. The van der Waals surface area contributed by atoms with Crippen LogP contribution in [0, 0.1) is 11.8 Å². The minimum absolute atomic E-state index is 0.0356. The predicted molar refractivity (Wildman–Crippen MR) is 68.0 cm³/mol. The summed E-state index contributed by atoms with van der Waals surface area (Å²) in [5.74, 6) is 2.59. The van der Waals surface area contributed by atoms with Crippen LogP contribution in [0.1, 0.15) is 42.0 Å². The lowest BCUT2D eigenvalue weighted by molar-refractivity contribution is 0.0705. The number of carbonyl (C=O) groups is 1. The van der Waals surface area contributed by atoms with Crippen molar-refractivity contribution in [1.29, 1.82) is 0 Å². The van der Waals surface area contributed by atoms with Gasteiger partial charge in [-0.25, -0.2) is 0 Å². The number of furan rings is 1. The molecule has 2 aliphatic carbocycles. The van der Waals surface area contributed by atoms with Crippen molar-refractivity contribution < 1.29 is 9.21 Å². The molecule has 98 valence electrons. The van der Waals surface area contributed by atoms with Crippen LogP contribution in [-0.4, -0.2) is 23.9 Å². The molecule has 0 aromatic carbocycles. The summed E-state index contributed by atoms with van der Waals surface area (Å²) < 4.78 is 5.46. The Bertz CT molecular complexity index is 419. The van der Waals surface area contributed by atoms with Gasteiger partial charge in [0.05, 0.1) is 6.54 Å². The number of hydrogen-bond acceptors (Lipinski definition) is 3. The molecule has 2 saturated carbocycles. The molecule has 3 rings (SSSR count). The summed E-state index contributed by atoms with van der Waals surface area (Å²) in [5, 5.41) is 0. The summed E-state index contributed by atoms with van der Waals surface area (Å²) in [5.41, 5.74) is 5.50.